The first-order valence-electron chi connectivity index (χ1n) is 10.5. The molecule has 37 heavy (non-hydrogen) atoms. The third-order valence-electron chi connectivity index (χ3n) is 4.91. The number of ether oxygens (including phenoxy) is 2. The van der Waals surface area contributed by atoms with Gasteiger partial charge in [-0.25, -0.2) is 5.43 Å². The summed E-state index contributed by atoms with van der Waals surface area (Å²) in [4.78, 5) is 36.1. The number of nitrogens with zero attached hydrogens (tertiary/aromatic N) is 2. The smallest absolute Gasteiger partial charge is 0.287 e. The van der Waals surface area contributed by atoms with Crippen LogP contribution in [0.3, 0.4) is 0 Å². The molecule has 0 aliphatic heterocycles. The predicted octanol–water partition coefficient (Wildman–Crippen LogP) is 3.37. The second-order valence-corrected chi connectivity index (χ2v) is 8.14. The molecule has 3 aromatic carbocycles. The molecule has 12 heteroatoms. The first kappa shape index (κ1) is 26.9. The van der Waals surface area contributed by atoms with Crippen molar-refractivity contribution < 1.29 is 29.1 Å². The highest BCUT2D eigenvalue weighted by atomic mass is 79.9. The maximum Gasteiger partial charge on any atom is 0.287 e. The Balaban J connectivity index is 1.92. The Bertz CT molecular complexity index is 1390. The Hall–Kier alpha value is -4.71. The third-order valence-corrected chi connectivity index (χ3v) is 5.50. The van der Waals surface area contributed by atoms with E-state index in [1.165, 1.54) is 20.3 Å². The minimum atomic E-state index is -0.824. The number of hydrogen-bond donors (Lipinski definition) is 2. The molecule has 11 nitrogen and oxygen atoms in total. The van der Waals surface area contributed by atoms with E-state index >= 15 is 0 Å². The molecule has 0 bridgehead atoms. The number of carbonyl (C=O) groups is 2. The average Bonchev–Trinajstić information content (AvgIpc) is 2.90. The van der Waals surface area contributed by atoms with Crippen molar-refractivity contribution in [2.75, 3.05) is 14.2 Å². The van der Waals surface area contributed by atoms with Crippen molar-refractivity contribution in [3.05, 3.63) is 97.6 Å². The van der Waals surface area contributed by atoms with Crippen LogP contribution in [0.5, 0.6) is 17.2 Å². The number of benzene rings is 3. The molecule has 0 fully saturated rings. The van der Waals surface area contributed by atoms with Gasteiger partial charge in [0.1, 0.15) is 17.2 Å². The average molecular weight is 568 g/mol. The van der Waals surface area contributed by atoms with Gasteiger partial charge in [-0.3, -0.25) is 19.7 Å². The molecule has 0 radical (unpaired) electrons. The van der Waals surface area contributed by atoms with Gasteiger partial charge in [-0.15, -0.1) is 0 Å². The highest BCUT2D eigenvalue weighted by Gasteiger charge is 2.16. The van der Waals surface area contributed by atoms with Gasteiger partial charge in [0.05, 0.1) is 25.4 Å². The first-order chi connectivity index (χ1) is 17.7. The van der Waals surface area contributed by atoms with Gasteiger partial charge in [-0.2, -0.15) is 5.10 Å². The maximum atomic E-state index is 13.0. The fraction of sp³-hybridized carbons (Fsp3) is 0.0800. The van der Waals surface area contributed by atoms with Gasteiger partial charge < -0.3 is 19.9 Å². The molecular weight excluding hydrogens is 548 g/mol. The van der Waals surface area contributed by atoms with Crippen molar-refractivity contribution in [1.29, 1.82) is 0 Å². The van der Waals surface area contributed by atoms with Gasteiger partial charge in [0.25, 0.3) is 17.5 Å². The zero-order valence-corrected chi connectivity index (χ0v) is 21.1. The summed E-state index contributed by atoms with van der Waals surface area (Å²) in [5.41, 5.74) is 2.34. The van der Waals surface area contributed by atoms with Crippen LogP contribution in [-0.4, -0.2) is 37.2 Å². The molecule has 0 aliphatic rings. The summed E-state index contributed by atoms with van der Waals surface area (Å²) in [7, 11) is 2.94. The summed E-state index contributed by atoms with van der Waals surface area (Å²) in [6.45, 7) is 0. The second-order valence-electron chi connectivity index (χ2n) is 7.29. The van der Waals surface area contributed by atoms with Crippen LogP contribution in [0.25, 0.3) is 6.08 Å². The van der Waals surface area contributed by atoms with E-state index < -0.39 is 22.5 Å². The van der Waals surface area contributed by atoms with E-state index in [2.05, 4.69) is 31.8 Å². The SMILES string of the molecule is COc1ccc(/C=C(/NC(=O)c2ccccc2)C(=O)N/N=C\c2cc([N+](=O)[O-])cc(Br)c2[O-])c(OC)c1. The third kappa shape index (κ3) is 6.92. The van der Waals surface area contributed by atoms with Gasteiger partial charge in [0.2, 0.25) is 0 Å². The fourth-order valence-electron chi connectivity index (χ4n) is 3.06. The Kier molecular flexibility index (Phi) is 8.95. The summed E-state index contributed by atoms with van der Waals surface area (Å²) in [5, 5.41) is 29.6. The van der Waals surface area contributed by atoms with E-state index in [1.54, 1.807) is 48.5 Å². The van der Waals surface area contributed by atoms with Crippen LogP contribution in [0.4, 0.5) is 5.69 Å². The minimum Gasteiger partial charge on any atom is -0.871 e. The summed E-state index contributed by atoms with van der Waals surface area (Å²) in [6, 6.07) is 15.2. The van der Waals surface area contributed by atoms with Crippen molar-refractivity contribution in [1.82, 2.24) is 10.7 Å². The Labute approximate surface area is 219 Å². The monoisotopic (exact) mass is 567 g/mol. The number of nitro benzene ring substituents is 1. The zero-order chi connectivity index (χ0) is 26.9. The van der Waals surface area contributed by atoms with Gasteiger partial charge in [0, 0.05) is 33.8 Å². The standard InChI is InChI=1S/C25H21BrN4O7/c1-36-19-9-8-16(22(13-19)37-2)11-21(28-24(32)15-6-4-3-5-7-15)25(33)29-27-14-17-10-18(30(34)35)12-20(26)23(17)31/h3-14,31H,1-2H3,(H,28,32)(H,29,33)/p-1/b21-11+,27-14-. The molecule has 0 saturated carbocycles. The van der Waals surface area contributed by atoms with E-state index in [9.17, 15) is 24.8 Å². The molecule has 0 spiro atoms. The van der Waals surface area contributed by atoms with Crippen molar-refractivity contribution in [3.63, 3.8) is 0 Å². The van der Waals surface area contributed by atoms with Crippen molar-refractivity contribution in [3.8, 4) is 17.2 Å². The van der Waals surface area contributed by atoms with Crippen LogP contribution in [0.2, 0.25) is 0 Å². The van der Waals surface area contributed by atoms with Gasteiger partial charge in [-0.1, -0.05) is 39.9 Å². The number of hydrazone groups is 1. The first-order valence-corrected chi connectivity index (χ1v) is 11.3. The number of rotatable bonds is 9. The highest BCUT2D eigenvalue weighted by molar-refractivity contribution is 9.10. The van der Waals surface area contributed by atoms with E-state index in [0.29, 0.717) is 22.6 Å². The molecule has 2 amide bonds. The summed E-state index contributed by atoms with van der Waals surface area (Å²) < 4.78 is 10.5. The molecular formula is C25H20BrN4O7-. The summed E-state index contributed by atoms with van der Waals surface area (Å²) in [6.07, 6.45) is 2.36. The van der Waals surface area contributed by atoms with Gasteiger partial charge >= 0.3 is 0 Å². The molecule has 0 unspecified atom stereocenters. The van der Waals surface area contributed by atoms with E-state index in [0.717, 1.165) is 18.3 Å². The Morgan fingerprint density at radius 1 is 1.03 bits per heavy atom. The number of nitro groups is 1. The van der Waals surface area contributed by atoms with Crippen LogP contribution in [-0.2, 0) is 4.79 Å². The second kappa shape index (κ2) is 12.3. The largest absolute Gasteiger partial charge is 0.871 e. The van der Waals surface area contributed by atoms with Crippen molar-refractivity contribution in [2.45, 2.75) is 0 Å². The van der Waals surface area contributed by atoms with Crippen LogP contribution < -0.4 is 25.3 Å². The normalized spacial score (nSPS) is 11.2. The van der Waals surface area contributed by atoms with E-state index in [4.69, 9.17) is 9.47 Å². The van der Waals surface area contributed by atoms with Gasteiger partial charge in [0.15, 0.2) is 0 Å². The minimum absolute atomic E-state index is 0.0308. The van der Waals surface area contributed by atoms with Crippen LogP contribution in [0, 0.1) is 10.1 Å². The molecule has 0 aromatic heterocycles. The number of hydrogen-bond acceptors (Lipinski definition) is 8. The summed E-state index contributed by atoms with van der Waals surface area (Å²) in [5.74, 6) is -1.04. The Morgan fingerprint density at radius 3 is 2.41 bits per heavy atom. The molecule has 0 saturated heterocycles. The van der Waals surface area contributed by atoms with E-state index in [-0.39, 0.29) is 21.4 Å². The highest BCUT2D eigenvalue weighted by Crippen LogP contribution is 2.29. The number of methoxy groups -OCH3 is 2. The topological polar surface area (TPSA) is 155 Å². The lowest BCUT2D eigenvalue weighted by Gasteiger charge is -2.13. The molecule has 0 atom stereocenters. The lowest BCUT2D eigenvalue weighted by molar-refractivity contribution is -0.385. The van der Waals surface area contributed by atoms with Crippen LogP contribution >= 0.6 is 15.9 Å². The number of halogens is 1. The number of amides is 2. The predicted molar refractivity (Wildman–Crippen MR) is 137 cm³/mol. The Morgan fingerprint density at radius 2 is 1.76 bits per heavy atom. The fourth-order valence-corrected chi connectivity index (χ4v) is 3.52. The lowest BCUT2D eigenvalue weighted by atomic mass is 10.1. The van der Waals surface area contributed by atoms with E-state index in [1.807, 2.05) is 0 Å². The summed E-state index contributed by atoms with van der Waals surface area (Å²) >= 11 is 2.98. The molecule has 190 valence electrons. The van der Waals surface area contributed by atoms with Crippen LogP contribution in [0.1, 0.15) is 21.5 Å². The molecule has 3 rings (SSSR count). The van der Waals surface area contributed by atoms with Crippen molar-refractivity contribution >= 4 is 45.7 Å². The molecule has 2 N–H and O–H groups in total. The molecule has 3 aromatic rings. The molecule has 0 heterocycles. The van der Waals surface area contributed by atoms with Crippen molar-refractivity contribution in [2.24, 2.45) is 5.10 Å². The zero-order valence-electron chi connectivity index (χ0n) is 19.6. The number of non-ortho nitro benzene ring substituents is 1. The van der Waals surface area contributed by atoms with Crippen LogP contribution in [0.15, 0.2) is 75.9 Å². The number of carbonyl (C=O) groups excluding carboxylic acids is 2. The quantitative estimate of drug-likeness (QED) is 0.174. The maximum absolute atomic E-state index is 13.0. The number of nitrogens with one attached hydrogen (secondary N) is 2. The van der Waals surface area contributed by atoms with Gasteiger partial charge in [-0.05, 0) is 35.9 Å². The lowest BCUT2D eigenvalue weighted by Crippen LogP contribution is -2.32. The molecule has 0 aliphatic carbocycles.